The average Bonchev–Trinajstić information content (AvgIpc) is 2.99. The predicted molar refractivity (Wildman–Crippen MR) is 80.5 cm³/mol. The lowest BCUT2D eigenvalue weighted by atomic mass is 9.95. The van der Waals surface area contributed by atoms with Gasteiger partial charge in [0.1, 0.15) is 0 Å². The molecule has 19 heavy (non-hydrogen) atoms. The predicted octanol–water partition coefficient (Wildman–Crippen LogP) is 4.63. The summed E-state index contributed by atoms with van der Waals surface area (Å²) >= 11 is 0. The van der Waals surface area contributed by atoms with E-state index in [9.17, 15) is 0 Å². The van der Waals surface area contributed by atoms with E-state index in [-0.39, 0.29) is 0 Å². The minimum atomic E-state index is 1.21. The summed E-state index contributed by atoms with van der Waals surface area (Å²) < 4.78 is 0. The van der Waals surface area contributed by atoms with E-state index in [2.05, 4.69) is 54.4 Å². The maximum atomic E-state index is 3.61. The Labute approximate surface area is 113 Å². The Bertz CT molecular complexity index is 764. The van der Waals surface area contributed by atoms with E-state index < -0.39 is 0 Å². The molecule has 1 N–H and O–H groups in total. The van der Waals surface area contributed by atoms with Crippen LogP contribution in [-0.4, -0.2) is 4.98 Å². The number of rotatable bonds is 1. The molecule has 1 aromatic heterocycles. The van der Waals surface area contributed by atoms with Crippen molar-refractivity contribution in [2.45, 2.75) is 26.2 Å². The van der Waals surface area contributed by atoms with Crippen molar-refractivity contribution < 1.29 is 0 Å². The van der Waals surface area contributed by atoms with Crippen molar-refractivity contribution in [3.05, 3.63) is 59.3 Å². The molecule has 94 valence electrons. The second-order valence-electron chi connectivity index (χ2n) is 5.48. The molecule has 0 saturated carbocycles. The van der Waals surface area contributed by atoms with Gasteiger partial charge in [-0.3, -0.25) is 0 Å². The van der Waals surface area contributed by atoms with E-state index in [4.69, 9.17) is 0 Å². The third-order valence-electron chi connectivity index (χ3n) is 4.30. The molecule has 1 aliphatic carbocycles. The summed E-state index contributed by atoms with van der Waals surface area (Å²) in [6.45, 7) is 2.20. The topological polar surface area (TPSA) is 15.8 Å². The van der Waals surface area contributed by atoms with Crippen LogP contribution in [0.3, 0.4) is 0 Å². The van der Waals surface area contributed by atoms with Crippen molar-refractivity contribution in [1.29, 1.82) is 0 Å². The number of H-pyrrole nitrogens is 1. The summed E-state index contributed by atoms with van der Waals surface area (Å²) in [4.78, 5) is 3.61. The Hall–Kier alpha value is -2.02. The Morgan fingerprint density at radius 2 is 1.74 bits per heavy atom. The number of fused-ring (bicyclic) bond motifs is 3. The Balaban J connectivity index is 2.08. The second kappa shape index (κ2) is 3.99. The first-order chi connectivity index (χ1) is 9.34. The van der Waals surface area contributed by atoms with Gasteiger partial charge in [-0.05, 0) is 54.5 Å². The number of hydrogen-bond donors (Lipinski definition) is 1. The van der Waals surface area contributed by atoms with E-state index in [1.807, 2.05) is 0 Å². The maximum absolute atomic E-state index is 3.61. The summed E-state index contributed by atoms with van der Waals surface area (Å²) in [5.41, 5.74) is 8.40. The highest BCUT2D eigenvalue weighted by Crippen LogP contribution is 2.37. The van der Waals surface area contributed by atoms with Gasteiger partial charge in [-0.25, -0.2) is 0 Å². The van der Waals surface area contributed by atoms with Crippen LogP contribution in [0.1, 0.15) is 23.2 Å². The Morgan fingerprint density at radius 1 is 0.895 bits per heavy atom. The van der Waals surface area contributed by atoms with E-state index in [1.54, 1.807) is 5.56 Å². The first-order valence-electron chi connectivity index (χ1n) is 7.03. The summed E-state index contributed by atoms with van der Waals surface area (Å²) in [7, 11) is 0. The highest BCUT2D eigenvalue weighted by molar-refractivity contribution is 5.99. The van der Waals surface area contributed by atoms with Gasteiger partial charge in [0, 0.05) is 16.6 Å². The molecule has 3 aromatic rings. The third-order valence-corrected chi connectivity index (χ3v) is 4.30. The van der Waals surface area contributed by atoms with Crippen molar-refractivity contribution in [2.24, 2.45) is 0 Å². The highest BCUT2D eigenvalue weighted by atomic mass is 14.7. The van der Waals surface area contributed by atoms with Crippen LogP contribution in [-0.2, 0) is 12.8 Å². The molecule has 0 aliphatic heterocycles. The van der Waals surface area contributed by atoms with Gasteiger partial charge in [0.15, 0.2) is 0 Å². The van der Waals surface area contributed by atoms with Crippen LogP contribution in [0.2, 0.25) is 0 Å². The number of nitrogens with one attached hydrogen (secondary N) is 1. The average molecular weight is 247 g/mol. The molecule has 0 amide bonds. The van der Waals surface area contributed by atoms with Gasteiger partial charge in [0.25, 0.3) is 0 Å². The fourth-order valence-corrected chi connectivity index (χ4v) is 3.40. The minimum Gasteiger partial charge on any atom is -0.358 e. The fraction of sp³-hybridized carbons (Fsp3) is 0.222. The SMILES string of the molecule is Cc1ccccc1-c1cccc2[nH]c3c(c12)CCC3. The van der Waals surface area contributed by atoms with Crippen molar-refractivity contribution in [1.82, 2.24) is 4.98 Å². The lowest BCUT2D eigenvalue weighted by Crippen LogP contribution is -1.86. The van der Waals surface area contributed by atoms with Crippen LogP contribution in [0.4, 0.5) is 0 Å². The quantitative estimate of drug-likeness (QED) is 0.645. The fourth-order valence-electron chi connectivity index (χ4n) is 3.40. The number of aromatic amines is 1. The lowest BCUT2D eigenvalue weighted by Gasteiger charge is -2.08. The zero-order chi connectivity index (χ0) is 12.8. The molecule has 4 rings (SSSR count). The van der Waals surface area contributed by atoms with Crippen LogP contribution in [0, 0.1) is 6.92 Å². The van der Waals surface area contributed by atoms with Gasteiger partial charge >= 0.3 is 0 Å². The standard InChI is InChI=1S/C18H17N/c1-12-6-2-3-7-13(12)14-8-4-11-17-18(14)15-9-5-10-16(15)19-17/h2-4,6-8,11,19H,5,9-10H2,1H3. The van der Waals surface area contributed by atoms with E-state index in [0.29, 0.717) is 0 Å². The zero-order valence-electron chi connectivity index (χ0n) is 11.2. The molecular weight excluding hydrogens is 230 g/mol. The van der Waals surface area contributed by atoms with Crippen LogP contribution < -0.4 is 0 Å². The van der Waals surface area contributed by atoms with Gasteiger partial charge in [-0.2, -0.15) is 0 Å². The van der Waals surface area contributed by atoms with Gasteiger partial charge in [-0.15, -0.1) is 0 Å². The number of hydrogen-bond acceptors (Lipinski definition) is 0. The van der Waals surface area contributed by atoms with E-state index in [1.165, 1.54) is 52.5 Å². The zero-order valence-corrected chi connectivity index (χ0v) is 11.2. The maximum Gasteiger partial charge on any atom is 0.0465 e. The Morgan fingerprint density at radius 3 is 2.63 bits per heavy atom. The summed E-state index contributed by atoms with van der Waals surface area (Å²) in [5.74, 6) is 0. The third kappa shape index (κ3) is 1.54. The number of benzene rings is 2. The highest BCUT2D eigenvalue weighted by Gasteiger charge is 2.19. The molecule has 0 bridgehead atoms. The van der Waals surface area contributed by atoms with Crippen molar-refractivity contribution >= 4 is 10.9 Å². The first-order valence-corrected chi connectivity index (χ1v) is 7.03. The number of aromatic nitrogens is 1. The number of aryl methyl sites for hydroxylation is 3. The molecule has 1 heterocycles. The molecule has 0 fully saturated rings. The molecule has 2 aromatic carbocycles. The van der Waals surface area contributed by atoms with Crippen molar-refractivity contribution in [2.75, 3.05) is 0 Å². The van der Waals surface area contributed by atoms with Crippen LogP contribution >= 0.6 is 0 Å². The summed E-state index contributed by atoms with van der Waals surface area (Å²) in [5, 5.41) is 1.45. The molecule has 1 aliphatic rings. The van der Waals surface area contributed by atoms with Gasteiger partial charge in [0.2, 0.25) is 0 Å². The van der Waals surface area contributed by atoms with Crippen LogP contribution in [0.25, 0.3) is 22.0 Å². The lowest BCUT2D eigenvalue weighted by molar-refractivity contribution is 0.899. The van der Waals surface area contributed by atoms with Crippen molar-refractivity contribution in [3.63, 3.8) is 0 Å². The molecule has 0 radical (unpaired) electrons. The van der Waals surface area contributed by atoms with Crippen LogP contribution in [0.15, 0.2) is 42.5 Å². The molecule has 1 heteroatoms. The normalized spacial score (nSPS) is 13.9. The molecule has 0 spiro atoms. The first kappa shape index (κ1) is 10.9. The summed E-state index contributed by atoms with van der Waals surface area (Å²) in [6.07, 6.45) is 3.72. The Kier molecular flexibility index (Phi) is 2.28. The largest absolute Gasteiger partial charge is 0.358 e. The molecule has 0 atom stereocenters. The molecule has 0 saturated heterocycles. The summed E-state index contributed by atoms with van der Waals surface area (Å²) in [6, 6.07) is 15.3. The second-order valence-corrected chi connectivity index (χ2v) is 5.48. The van der Waals surface area contributed by atoms with Gasteiger partial charge in [0.05, 0.1) is 0 Å². The van der Waals surface area contributed by atoms with Crippen LogP contribution in [0.5, 0.6) is 0 Å². The van der Waals surface area contributed by atoms with Gasteiger partial charge in [-0.1, -0.05) is 36.4 Å². The van der Waals surface area contributed by atoms with E-state index >= 15 is 0 Å². The van der Waals surface area contributed by atoms with E-state index in [0.717, 1.165) is 0 Å². The monoisotopic (exact) mass is 247 g/mol. The minimum absolute atomic E-state index is 1.21. The molecule has 0 unspecified atom stereocenters. The molecular formula is C18H17N. The molecule has 1 nitrogen and oxygen atoms in total. The van der Waals surface area contributed by atoms with Gasteiger partial charge < -0.3 is 4.98 Å². The smallest absolute Gasteiger partial charge is 0.0465 e. The van der Waals surface area contributed by atoms with Crippen molar-refractivity contribution in [3.8, 4) is 11.1 Å².